The molecule has 7 nitrogen and oxygen atoms in total. The van der Waals surface area contributed by atoms with Crippen LogP contribution < -0.4 is 10.6 Å². The molecule has 0 atom stereocenters. The number of amides is 2. The van der Waals surface area contributed by atoms with Gasteiger partial charge in [-0.2, -0.15) is 5.10 Å². The smallest absolute Gasteiger partial charge is 0.319 e. The Bertz CT molecular complexity index is 1300. The van der Waals surface area contributed by atoms with Crippen LogP contribution in [0.15, 0.2) is 48.5 Å². The van der Waals surface area contributed by atoms with Gasteiger partial charge >= 0.3 is 6.03 Å². The summed E-state index contributed by atoms with van der Waals surface area (Å²) in [7, 11) is -3.20. The fraction of sp³-hybridized carbons (Fsp3) is 0.333. The van der Waals surface area contributed by atoms with Crippen LogP contribution in [0, 0.1) is 5.82 Å². The number of aryl methyl sites for hydroxylation is 1. The lowest BCUT2D eigenvalue weighted by atomic mass is 9.92. The number of carbonyl (C=O) groups is 1. The van der Waals surface area contributed by atoms with Crippen molar-refractivity contribution in [3.63, 3.8) is 0 Å². The fourth-order valence-electron chi connectivity index (χ4n) is 3.21. The summed E-state index contributed by atoms with van der Waals surface area (Å²) in [5.74, 6) is -0.719. The highest BCUT2D eigenvalue weighted by Crippen LogP contribution is 2.25. The van der Waals surface area contributed by atoms with Crippen LogP contribution in [0.5, 0.6) is 0 Å². The van der Waals surface area contributed by atoms with Crippen LogP contribution >= 0.6 is 11.6 Å². The molecular weight excluding hydrogens is 479 g/mol. The number of benzene rings is 2. The summed E-state index contributed by atoms with van der Waals surface area (Å²) >= 11 is 6.15. The number of rotatable bonds is 7. The average molecular weight is 507 g/mol. The molecule has 2 aromatic carbocycles. The van der Waals surface area contributed by atoms with Gasteiger partial charge in [-0.3, -0.25) is 0 Å². The summed E-state index contributed by atoms with van der Waals surface area (Å²) < 4.78 is 38.7. The van der Waals surface area contributed by atoms with Crippen molar-refractivity contribution < 1.29 is 17.6 Å². The first kappa shape index (κ1) is 25.7. The molecule has 3 rings (SSSR count). The Hall–Kier alpha value is -2.91. The van der Waals surface area contributed by atoms with Crippen LogP contribution in [-0.2, 0) is 28.2 Å². The summed E-state index contributed by atoms with van der Waals surface area (Å²) in [5, 5.41) is 10.6. The van der Waals surface area contributed by atoms with Gasteiger partial charge in [-0.1, -0.05) is 44.5 Å². The van der Waals surface area contributed by atoms with Crippen molar-refractivity contribution in [3.05, 3.63) is 76.3 Å². The summed E-state index contributed by atoms with van der Waals surface area (Å²) in [6.45, 7) is 6.33. The van der Waals surface area contributed by atoms with Crippen molar-refractivity contribution in [1.82, 2.24) is 15.1 Å². The van der Waals surface area contributed by atoms with Gasteiger partial charge < -0.3 is 10.6 Å². The highest BCUT2D eigenvalue weighted by Gasteiger charge is 2.21. The Morgan fingerprint density at radius 2 is 1.88 bits per heavy atom. The quantitative estimate of drug-likeness (QED) is 0.478. The predicted molar refractivity (Wildman–Crippen MR) is 133 cm³/mol. The molecule has 0 saturated heterocycles. The topological polar surface area (TPSA) is 93.1 Å². The lowest BCUT2D eigenvalue weighted by Crippen LogP contribution is -2.29. The van der Waals surface area contributed by atoms with Crippen LogP contribution in [0.2, 0.25) is 5.02 Å². The van der Waals surface area contributed by atoms with Crippen molar-refractivity contribution in [2.45, 2.75) is 39.2 Å². The maximum atomic E-state index is 14.3. The van der Waals surface area contributed by atoms with Gasteiger partial charge in [-0.05, 0) is 48.4 Å². The SMILES string of the molecule is CC(C)(C)c1cc(CNC(=O)Nc2ccc(CCS(C)(=O)=O)c(F)c2)n(-c2cccc(Cl)c2)n1. The molecule has 0 aliphatic rings. The number of nitrogens with zero attached hydrogens (tertiary/aromatic N) is 2. The van der Waals surface area contributed by atoms with E-state index in [9.17, 15) is 17.6 Å². The van der Waals surface area contributed by atoms with E-state index in [0.717, 1.165) is 23.3 Å². The van der Waals surface area contributed by atoms with E-state index in [1.807, 2.05) is 18.2 Å². The van der Waals surface area contributed by atoms with Crippen LogP contribution in [0.4, 0.5) is 14.9 Å². The van der Waals surface area contributed by atoms with Gasteiger partial charge in [0.05, 0.1) is 29.4 Å². The Morgan fingerprint density at radius 3 is 2.50 bits per heavy atom. The second kappa shape index (κ2) is 10.1. The number of hydrogen-bond acceptors (Lipinski definition) is 4. The van der Waals surface area contributed by atoms with E-state index in [1.165, 1.54) is 18.2 Å². The summed E-state index contributed by atoms with van der Waals surface area (Å²) in [5.41, 5.74) is 2.72. The lowest BCUT2D eigenvalue weighted by Gasteiger charge is -2.14. The lowest BCUT2D eigenvalue weighted by molar-refractivity contribution is 0.251. The molecule has 1 heterocycles. The van der Waals surface area contributed by atoms with Crippen molar-refractivity contribution in [2.75, 3.05) is 17.3 Å². The number of anilines is 1. The molecule has 0 radical (unpaired) electrons. The van der Waals surface area contributed by atoms with Gasteiger partial charge in [-0.15, -0.1) is 0 Å². The van der Waals surface area contributed by atoms with Crippen LogP contribution in [0.1, 0.15) is 37.7 Å². The van der Waals surface area contributed by atoms with E-state index >= 15 is 0 Å². The minimum atomic E-state index is -3.20. The van der Waals surface area contributed by atoms with Crippen LogP contribution in [-0.4, -0.2) is 36.2 Å². The molecule has 0 aliphatic carbocycles. The van der Waals surface area contributed by atoms with Gasteiger partial charge in [0.25, 0.3) is 0 Å². The highest BCUT2D eigenvalue weighted by molar-refractivity contribution is 7.90. The largest absolute Gasteiger partial charge is 0.332 e. The van der Waals surface area contributed by atoms with E-state index in [0.29, 0.717) is 5.02 Å². The first-order valence-electron chi connectivity index (χ1n) is 10.7. The number of halogens is 2. The Kier molecular flexibility index (Phi) is 7.67. The molecule has 1 aromatic heterocycles. The number of sulfone groups is 1. The molecule has 182 valence electrons. The molecule has 2 N–H and O–H groups in total. The highest BCUT2D eigenvalue weighted by atomic mass is 35.5. The molecule has 0 saturated carbocycles. The standard InChI is InChI=1S/C24H28ClFN4O3S/c1-24(2,3)22-14-20(30(29-22)19-7-5-6-17(25)12-19)15-27-23(31)28-18-9-8-16(21(26)13-18)10-11-34(4,32)33/h5-9,12-14H,10-11,15H2,1-4H3,(H2,27,28,31). The third-order valence-corrected chi connectivity index (χ3v) is 6.27. The third kappa shape index (κ3) is 7.04. The van der Waals surface area contributed by atoms with E-state index in [4.69, 9.17) is 16.7 Å². The van der Waals surface area contributed by atoms with Gasteiger partial charge in [0.15, 0.2) is 0 Å². The minimum Gasteiger partial charge on any atom is -0.332 e. The zero-order valence-corrected chi connectivity index (χ0v) is 21.1. The van der Waals surface area contributed by atoms with Crippen LogP contribution in [0.25, 0.3) is 5.69 Å². The number of aromatic nitrogens is 2. The number of hydrogen-bond donors (Lipinski definition) is 2. The summed E-state index contributed by atoms with van der Waals surface area (Å²) in [6, 6.07) is 12.9. The van der Waals surface area contributed by atoms with E-state index in [1.54, 1.807) is 16.8 Å². The Morgan fingerprint density at radius 1 is 1.15 bits per heavy atom. The molecule has 3 aromatic rings. The molecular formula is C24H28ClFN4O3S. The molecule has 0 fully saturated rings. The molecule has 0 aliphatic heterocycles. The molecule has 0 spiro atoms. The van der Waals surface area contributed by atoms with E-state index < -0.39 is 21.7 Å². The molecule has 0 bridgehead atoms. The van der Waals surface area contributed by atoms with Crippen molar-refractivity contribution in [1.29, 1.82) is 0 Å². The fourth-order valence-corrected chi connectivity index (χ4v) is 3.99. The Labute approximate surface area is 204 Å². The maximum absolute atomic E-state index is 14.3. The summed E-state index contributed by atoms with van der Waals surface area (Å²) in [6.07, 6.45) is 1.18. The predicted octanol–water partition coefficient (Wildman–Crippen LogP) is 4.87. The van der Waals surface area contributed by atoms with E-state index in [2.05, 4.69) is 31.4 Å². The van der Waals surface area contributed by atoms with Gasteiger partial charge in [-0.25, -0.2) is 22.3 Å². The number of urea groups is 1. The molecule has 2 amide bonds. The van der Waals surface area contributed by atoms with Crippen molar-refractivity contribution in [2.24, 2.45) is 0 Å². The number of nitrogens with one attached hydrogen (secondary N) is 2. The van der Waals surface area contributed by atoms with Gasteiger partial charge in [0.1, 0.15) is 15.7 Å². The number of carbonyl (C=O) groups excluding carboxylic acids is 1. The Balaban J connectivity index is 1.71. The van der Waals surface area contributed by atoms with Crippen molar-refractivity contribution in [3.8, 4) is 5.69 Å². The van der Waals surface area contributed by atoms with Gasteiger partial charge in [0.2, 0.25) is 0 Å². The zero-order chi connectivity index (χ0) is 25.1. The zero-order valence-electron chi connectivity index (χ0n) is 19.5. The van der Waals surface area contributed by atoms with Crippen molar-refractivity contribution >= 4 is 33.2 Å². The summed E-state index contributed by atoms with van der Waals surface area (Å²) in [4.78, 5) is 12.5. The normalized spacial score (nSPS) is 11.9. The molecule has 10 heteroatoms. The minimum absolute atomic E-state index is 0.0702. The first-order valence-corrected chi connectivity index (χ1v) is 13.1. The second-order valence-corrected chi connectivity index (χ2v) is 11.9. The molecule has 34 heavy (non-hydrogen) atoms. The second-order valence-electron chi connectivity index (χ2n) is 9.16. The van der Waals surface area contributed by atoms with Crippen LogP contribution in [0.3, 0.4) is 0 Å². The monoisotopic (exact) mass is 506 g/mol. The molecule has 0 unspecified atom stereocenters. The maximum Gasteiger partial charge on any atom is 0.319 e. The van der Waals surface area contributed by atoms with Gasteiger partial charge in [0, 0.05) is 22.4 Å². The third-order valence-electron chi connectivity index (χ3n) is 5.09. The first-order chi connectivity index (χ1) is 15.8. The van der Waals surface area contributed by atoms with E-state index in [-0.39, 0.29) is 35.4 Å². The average Bonchev–Trinajstić information content (AvgIpc) is 3.16.